The van der Waals surface area contributed by atoms with E-state index in [1.807, 2.05) is 0 Å². The van der Waals surface area contributed by atoms with Gasteiger partial charge in [-0.05, 0) is 0 Å². The van der Waals surface area contributed by atoms with Crippen LogP contribution in [0.15, 0.2) is 34.4 Å². The van der Waals surface area contributed by atoms with Crippen molar-refractivity contribution in [3.05, 3.63) is 46.6 Å². The third-order valence-electron chi connectivity index (χ3n) is 2.94. The van der Waals surface area contributed by atoms with Gasteiger partial charge in [-0.25, -0.2) is 23.3 Å². The van der Waals surface area contributed by atoms with Crippen LogP contribution in [0.5, 0.6) is 0 Å². The topological polar surface area (TPSA) is 0 Å². The van der Waals surface area contributed by atoms with Crippen LogP contribution in [-0.2, 0) is 26.2 Å². The summed E-state index contributed by atoms with van der Waals surface area (Å²) in [6.45, 7) is 13.0. The molecule has 0 saturated heterocycles. The Labute approximate surface area is 172 Å². The number of allylic oxidation sites excluding steroid dienone is 8. The van der Waals surface area contributed by atoms with Gasteiger partial charge in [0.1, 0.15) is 0 Å². The number of hydrogen-bond donors (Lipinski definition) is 0. The van der Waals surface area contributed by atoms with Gasteiger partial charge in [0.15, 0.2) is 0 Å². The molecule has 0 aromatic rings. The Morgan fingerprint density at radius 2 is 1.14 bits per heavy atom. The summed E-state index contributed by atoms with van der Waals surface area (Å²) in [5, 5.41) is 0. The molecule has 0 unspecified atom stereocenters. The van der Waals surface area contributed by atoms with Crippen molar-refractivity contribution in [3.63, 3.8) is 0 Å². The molecule has 0 aromatic heterocycles. The van der Waals surface area contributed by atoms with E-state index in [0.29, 0.717) is 0 Å². The smallest absolute Gasteiger partial charge is 1.00 e. The molecule has 0 aliphatic heterocycles. The molecule has 0 bridgehead atoms. The van der Waals surface area contributed by atoms with E-state index in [2.05, 4.69) is 65.1 Å². The zero-order valence-corrected chi connectivity index (χ0v) is 19.9. The van der Waals surface area contributed by atoms with Gasteiger partial charge in [-0.1, -0.05) is 53.6 Å². The summed E-state index contributed by atoms with van der Waals surface area (Å²) >= 11 is 0. The molecule has 2 aliphatic carbocycles. The summed E-state index contributed by atoms with van der Waals surface area (Å²) in [6, 6.07) is 0. The third-order valence-corrected chi connectivity index (χ3v) is 2.94. The summed E-state index contributed by atoms with van der Waals surface area (Å²) in [6.07, 6.45) is 15.3. The van der Waals surface area contributed by atoms with Crippen molar-refractivity contribution in [2.24, 2.45) is 0 Å². The van der Waals surface area contributed by atoms with Gasteiger partial charge >= 0.3 is 26.2 Å². The van der Waals surface area contributed by atoms with Crippen LogP contribution < -0.4 is 24.8 Å². The Kier molecular flexibility index (Phi) is 27.3. The Hall–Kier alpha value is 0.640. The Bertz CT molecular complexity index is 347. The molecule has 0 aromatic carbocycles. The molecule has 4 heteroatoms. The molecule has 22 heavy (non-hydrogen) atoms. The fourth-order valence-electron chi connectivity index (χ4n) is 1.79. The van der Waals surface area contributed by atoms with Crippen LogP contribution in [0.25, 0.3) is 0 Å². The second kappa shape index (κ2) is 19.7. The zero-order valence-electron chi connectivity index (χ0n) is 14.8. The molecule has 123 valence electrons. The molecule has 0 spiro atoms. The van der Waals surface area contributed by atoms with Crippen LogP contribution in [0.1, 0.15) is 53.4 Å². The first kappa shape index (κ1) is 30.5. The molecule has 2 rings (SSSR count). The third kappa shape index (κ3) is 15.5. The maximum absolute atomic E-state index is 3.18. The fraction of sp³-hybridized carbons (Fsp3) is 0.556. The molecule has 0 atom stereocenters. The normalized spacial score (nSPS) is 14.1. The van der Waals surface area contributed by atoms with Crippen LogP contribution in [0.4, 0.5) is 0 Å². The van der Waals surface area contributed by atoms with Crippen LogP contribution in [0.3, 0.4) is 0 Å². The zero-order chi connectivity index (χ0) is 14.7. The minimum Gasteiger partial charge on any atom is -1.00 e. The predicted octanol–water partition coefficient (Wildman–Crippen LogP) is -0.523. The SMILES string of the molecule is CCC1=C[C-]=C(C)C1.CCC1=C[C-]=C(C)C1.C[SiH]C.[Cl-].[Cl-].[Zr+4]. The summed E-state index contributed by atoms with van der Waals surface area (Å²) < 4.78 is 0. The Morgan fingerprint density at radius 1 is 0.864 bits per heavy atom. The second-order valence-electron chi connectivity index (χ2n) is 5.09. The van der Waals surface area contributed by atoms with Gasteiger partial charge in [0.25, 0.3) is 0 Å². The number of hydrogen-bond acceptors (Lipinski definition) is 0. The predicted molar refractivity (Wildman–Crippen MR) is 89.7 cm³/mol. The molecule has 0 fully saturated rings. The van der Waals surface area contributed by atoms with E-state index in [4.69, 9.17) is 0 Å². The molecular weight excluding hydrogens is 406 g/mol. The van der Waals surface area contributed by atoms with E-state index in [1.54, 1.807) is 0 Å². The van der Waals surface area contributed by atoms with E-state index < -0.39 is 0 Å². The summed E-state index contributed by atoms with van der Waals surface area (Å²) in [5.74, 6) is 0. The maximum atomic E-state index is 3.18. The van der Waals surface area contributed by atoms with Crippen LogP contribution in [0.2, 0.25) is 13.1 Å². The van der Waals surface area contributed by atoms with Gasteiger partial charge in [0.2, 0.25) is 0 Å². The summed E-state index contributed by atoms with van der Waals surface area (Å²) in [7, 11) is 0.750. The first-order chi connectivity index (χ1) is 9.07. The molecule has 0 nitrogen and oxygen atoms in total. The number of rotatable bonds is 2. The van der Waals surface area contributed by atoms with Crippen LogP contribution in [0, 0.1) is 12.2 Å². The van der Waals surface area contributed by atoms with Crippen molar-refractivity contribution < 1.29 is 51.0 Å². The molecule has 2 aliphatic rings. The van der Waals surface area contributed by atoms with E-state index >= 15 is 0 Å². The van der Waals surface area contributed by atoms with Gasteiger partial charge in [0, 0.05) is 9.52 Å². The van der Waals surface area contributed by atoms with Gasteiger partial charge in [0.05, 0.1) is 0 Å². The average molecular weight is 436 g/mol. The summed E-state index contributed by atoms with van der Waals surface area (Å²) in [4.78, 5) is 0. The van der Waals surface area contributed by atoms with E-state index in [0.717, 1.165) is 22.4 Å². The van der Waals surface area contributed by atoms with Crippen molar-refractivity contribution >= 4 is 9.52 Å². The molecule has 0 saturated carbocycles. The van der Waals surface area contributed by atoms with Gasteiger partial charge in [-0.15, -0.1) is 12.8 Å². The van der Waals surface area contributed by atoms with Crippen molar-refractivity contribution in [3.8, 4) is 0 Å². The van der Waals surface area contributed by atoms with E-state index in [9.17, 15) is 0 Å². The second-order valence-corrected chi connectivity index (χ2v) is 6.25. The molecular formula is C18H29Cl2SiZr. The average Bonchev–Trinajstić information content (AvgIpc) is 2.99. The van der Waals surface area contributed by atoms with Crippen molar-refractivity contribution in [1.82, 2.24) is 0 Å². The molecule has 1 radical (unpaired) electrons. The molecule has 0 heterocycles. The minimum atomic E-state index is 0. The molecule has 0 N–H and O–H groups in total. The van der Waals surface area contributed by atoms with Gasteiger partial charge < -0.3 is 24.8 Å². The largest absolute Gasteiger partial charge is 4.00 e. The van der Waals surface area contributed by atoms with Crippen molar-refractivity contribution in [2.75, 3.05) is 0 Å². The number of halogens is 2. The van der Waals surface area contributed by atoms with E-state index in [-0.39, 0.29) is 51.0 Å². The summed E-state index contributed by atoms with van der Waals surface area (Å²) in [5.41, 5.74) is 5.79. The van der Waals surface area contributed by atoms with Gasteiger partial charge in [-0.3, -0.25) is 12.2 Å². The first-order valence-electron chi connectivity index (χ1n) is 7.34. The first-order valence-corrected chi connectivity index (χ1v) is 9.65. The van der Waals surface area contributed by atoms with Crippen LogP contribution in [-0.4, -0.2) is 9.52 Å². The van der Waals surface area contributed by atoms with E-state index in [1.165, 1.54) is 35.1 Å². The van der Waals surface area contributed by atoms with Crippen LogP contribution >= 0.6 is 0 Å². The monoisotopic (exact) mass is 433 g/mol. The van der Waals surface area contributed by atoms with Gasteiger partial charge in [-0.2, -0.15) is 11.1 Å². The fourth-order valence-corrected chi connectivity index (χ4v) is 1.79. The van der Waals surface area contributed by atoms with Crippen molar-refractivity contribution in [1.29, 1.82) is 0 Å². The van der Waals surface area contributed by atoms with Crippen molar-refractivity contribution in [2.45, 2.75) is 66.5 Å². The quantitative estimate of drug-likeness (QED) is 0.404. The standard InChI is InChI=1S/2C8H11.C2H7Si.2ClH.Zr/c2*1-3-8-5-4-7(2)6-8;1-3-2;;;/h2*5H,3,6H2,1-2H3;3H,1-2H3;2*1H;/q2*-1;;;;+4/p-2. The molecule has 0 amide bonds. The Balaban J connectivity index is -0.000000112. The Morgan fingerprint density at radius 3 is 1.23 bits per heavy atom. The minimum absolute atomic E-state index is 0. The maximum Gasteiger partial charge on any atom is 4.00 e.